The minimum absolute atomic E-state index is 0.0169. The van der Waals surface area contributed by atoms with Crippen molar-refractivity contribution in [1.29, 1.82) is 0 Å². The van der Waals surface area contributed by atoms with Crippen LogP contribution in [0, 0.1) is 17.0 Å². The van der Waals surface area contributed by atoms with Gasteiger partial charge in [-0.15, -0.1) is 0 Å². The van der Waals surface area contributed by atoms with Crippen molar-refractivity contribution in [3.05, 3.63) is 27.9 Å². The number of pyridine rings is 1. The van der Waals surface area contributed by atoms with Crippen LogP contribution < -0.4 is 5.32 Å². The van der Waals surface area contributed by atoms with E-state index in [4.69, 9.17) is 14.6 Å². The number of aromatic nitrogens is 1. The Morgan fingerprint density at radius 1 is 1.61 bits per heavy atom. The quantitative estimate of drug-likeness (QED) is 0.350. The monoisotopic (exact) mass is 257 g/mol. The smallest absolute Gasteiger partial charge is 0.311 e. The number of hydrogen-bond donors (Lipinski definition) is 2. The first-order chi connectivity index (χ1) is 8.56. The highest BCUT2D eigenvalue weighted by atomic mass is 16.6. The molecular formula is C10H15N3O5. The fraction of sp³-hybridized carbons (Fsp3) is 0.400. The lowest BCUT2D eigenvalue weighted by Gasteiger charge is -2.05. The van der Waals surface area contributed by atoms with E-state index >= 15 is 0 Å². The third kappa shape index (κ3) is 5.75. The van der Waals surface area contributed by atoms with Gasteiger partial charge < -0.3 is 15.2 Å². The molecule has 1 heterocycles. The molecule has 18 heavy (non-hydrogen) atoms. The summed E-state index contributed by atoms with van der Waals surface area (Å²) in [5.41, 5.74) is 0.720. The largest absolute Gasteiger partial charge is 0.483 e. The molecule has 2 N–H and O–H groups in total. The molecule has 0 amide bonds. The first-order valence-electron chi connectivity index (χ1n) is 4.99. The maximum absolute atomic E-state index is 10.7. The van der Waals surface area contributed by atoms with E-state index in [-0.39, 0.29) is 18.0 Å². The molecule has 1 aromatic heterocycles. The standard InChI is InChI=1S/C9H13N3O3.CH2O2/c1-7-3-4-8(12(13)14)9(11-7)10-5-6-15-2;2-1-3/h3-4H,5-6H2,1-2H3,(H,10,11);1H,(H,2,3). The molecular weight excluding hydrogens is 242 g/mol. The maximum Gasteiger partial charge on any atom is 0.311 e. The fourth-order valence-corrected chi connectivity index (χ4v) is 1.10. The SMILES string of the molecule is COCCNc1nc(C)ccc1[N+](=O)[O-].O=CO. The molecule has 0 aliphatic carbocycles. The predicted molar refractivity (Wildman–Crippen MR) is 64.7 cm³/mol. The second kappa shape index (κ2) is 8.88. The number of anilines is 1. The second-order valence-corrected chi connectivity index (χ2v) is 3.10. The summed E-state index contributed by atoms with van der Waals surface area (Å²) in [6.45, 7) is 2.51. The number of methoxy groups -OCH3 is 1. The summed E-state index contributed by atoms with van der Waals surface area (Å²) in [5.74, 6) is 0.289. The fourth-order valence-electron chi connectivity index (χ4n) is 1.10. The summed E-state index contributed by atoms with van der Waals surface area (Å²) in [6, 6.07) is 3.05. The average Bonchev–Trinajstić information content (AvgIpc) is 2.30. The number of rotatable bonds is 5. The van der Waals surface area contributed by atoms with E-state index in [0.29, 0.717) is 13.2 Å². The van der Waals surface area contributed by atoms with Crippen LogP contribution in [0.1, 0.15) is 5.69 Å². The van der Waals surface area contributed by atoms with Gasteiger partial charge in [0.15, 0.2) is 0 Å². The van der Waals surface area contributed by atoms with Crippen molar-refractivity contribution >= 4 is 18.0 Å². The van der Waals surface area contributed by atoms with Gasteiger partial charge in [0, 0.05) is 25.4 Å². The zero-order chi connectivity index (χ0) is 14.0. The zero-order valence-corrected chi connectivity index (χ0v) is 10.1. The molecule has 0 aromatic carbocycles. The van der Waals surface area contributed by atoms with Gasteiger partial charge >= 0.3 is 5.69 Å². The molecule has 100 valence electrons. The van der Waals surface area contributed by atoms with E-state index in [2.05, 4.69) is 10.3 Å². The summed E-state index contributed by atoms with van der Waals surface area (Å²) in [6.07, 6.45) is 0. The normalized spacial score (nSPS) is 9.00. The molecule has 1 rings (SSSR count). The number of carbonyl (C=O) groups is 1. The first kappa shape index (κ1) is 15.8. The molecule has 0 bridgehead atoms. The molecule has 0 atom stereocenters. The highest BCUT2D eigenvalue weighted by Crippen LogP contribution is 2.21. The lowest BCUT2D eigenvalue weighted by atomic mass is 10.3. The van der Waals surface area contributed by atoms with E-state index < -0.39 is 4.92 Å². The molecule has 0 saturated carbocycles. The zero-order valence-electron chi connectivity index (χ0n) is 10.1. The van der Waals surface area contributed by atoms with Crippen LogP contribution in [0.5, 0.6) is 0 Å². The van der Waals surface area contributed by atoms with Crippen LogP contribution in [-0.4, -0.2) is 41.7 Å². The Balaban J connectivity index is 0.000000873. The van der Waals surface area contributed by atoms with Gasteiger partial charge in [0.05, 0.1) is 11.5 Å². The lowest BCUT2D eigenvalue weighted by Crippen LogP contribution is -2.10. The number of nitro groups is 1. The van der Waals surface area contributed by atoms with Gasteiger partial charge in [-0.1, -0.05) is 0 Å². The van der Waals surface area contributed by atoms with E-state index in [1.165, 1.54) is 6.07 Å². The molecule has 0 aliphatic rings. The molecule has 0 unspecified atom stereocenters. The van der Waals surface area contributed by atoms with E-state index in [9.17, 15) is 10.1 Å². The molecule has 0 saturated heterocycles. The summed E-state index contributed by atoms with van der Waals surface area (Å²) in [5, 5.41) is 20.4. The van der Waals surface area contributed by atoms with Crippen LogP contribution >= 0.6 is 0 Å². The van der Waals surface area contributed by atoms with Gasteiger partial charge in [0.2, 0.25) is 5.82 Å². The lowest BCUT2D eigenvalue weighted by molar-refractivity contribution is -0.384. The van der Waals surface area contributed by atoms with Gasteiger partial charge in [-0.25, -0.2) is 4.98 Å². The van der Waals surface area contributed by atoms with E-state index in [0.717, 1.165) is 5.69 Å². The minimum atomic E-state index is -0.457. The molecule has 1 aromatic rings. The Morgan fingerprint density at radius 3 is 2.72 bits per heavy atom. The second-order valence-electron chi connectivity index (χ2n) is 3.10. The Kier molecular flexibility index (Phi) is 7.78. The van der Waals surface area contributed by atoms with Gasteiger partial charge in [0.25, 0.3) is 6.47 Å². The highest BCUT2D eigenvalue weighted by Gasteiger charge is 2.14. The molecule has 0 spiro atoms. The first-order valence-corrected chi connectivity index (χ1v) is 4.99. The summed E-state index contributed by atoms with van der Waals surface area (Å²) in [7, 11) is 1.57. The van der Waals surface area contributed by atoms with Gasteiger partial charge in [-0.2, -0.15) is 0 Å². The maximum atomic E-state index is 10.7. The van der Waals surface area contributed by atoms with E-state index in [1.807, 2.05) is 0 Å². The van der Waals surface area contributed by atoms with Crippen molar-refractivity contribution in [2.45, 2.75) is 6.92 Å². The Hall–Kier alpha value is -2.22. The van der Waals surface area contributed by atoms with Crippen LogP contribution in [0.3, 0.4) is 0 Å². The van der Waals surface area contributed by atoms with Gasteiger partial charge in [0.1, 0.15) is 0 Å². The molecule has 0 radical (unpaired) electrons. The van der Waals surface area contributed by atoms with Crippen LogP contribution in [0.2, 0.25) is 0 Å². The van der Waals surface area contributed by atoms with Crippen LogP contribution in [0.4, 0.5) is 11.5 Å². The van der Waals surface area contributed by atoms with Gasteiger partial charge in [-0.3, -0.25) is 14.9 Å². The third-order valence-electron chi connectivity index (χ3n) is 1.81. The van der Waals surface area contributed by atoms with Crippen LogP contribution in [0.25, 0.3) is 0 Å². The summed E-state index contributed by atoms with van der Waals surface area (Å²) in [4.78, 5) is 22.6. The minimum Gasteiger partial charge on any atom is -0.483 e. The van der Waals surface area contributed by atoms with Crippen molar-refractivity contribution < 1.29 is 19.6 Å². The van der Waals surface area contributed by atoms with Crippen molar-refractivity contribution in [1.82, 2.24) is 4.98 Å². The van der Waals surface area contributed by atoms with E-state index in [1.54, 1.807) is 20.1 Å². The number of carboxylic acid groups (broad SMARTS) is 1. The number of nitrogens with one attached hydrogen (secondary N) is 1. The van der Waals surface area contributed by atoms with Crippen molar-refractivity contribution in [2.75, 3.05) is 25.6 Å². The molecule has 0 fully saturated rings. The Morgan fingerprint density at radius 2 is 2.22 bits per heavy atom. The van der Waals surface area contributed by atoms with Gasteiger partial charge in [-0.05, 0) is 13.0 Å². The Bertz CT molecular complexity index is 397. The predicted octanol–water partition coefficient (Wildman–Crippen LogP) is 1.06. The molecule has 8 heteroatoms. The highest BCUT2D eigenvalue weighted by molar-refractivity contribution is 5.55. The van der Waals surface area contributed by atoms with Crippen molar-refractivity contribution in [3.8, 4) is 0 Å². The molecule has 8 nitrogen and oxygen atoms in total. The van der Waals surface area contributed by atoms with Crippen LogP contribution in [0.15, 0.2) is 12.1 Å². The Labute approximate surface area is 104 Å². The van der Waals surface area contributed by atoms with Crippen LogP contribution in [-0.2, 0) is 9.53 Å². The van der Waals surface area contributed by atoms with Crippen molar-refractivity contribution in [2.24, 2.45) is 0 Å². The molecule has 0 aliphatic heterocycles. The number of aryl methyl sites for hydroxylation is 1. The van der Waals surface area contributed by atoms with Crippen molar-refractivity contribution in [3.63, 3.8) is 0 Å². The average molecular weight is 257 g/mol. The topological polar surface area (TPSA) is 115 Å². The summed E-state index contributed by atoms with van der Waals surface area (Å²) >= 11 is 0. The number of nitrogens with zero attached hydrogens (tertiary/aromatic N) is 2. The summed E-state index contributed by atoms with van der Waals surface area (Å²) < 4.78 is 4.83. The number of ether oxygens (including phenoxy) is 1. The third-order valence-corrected chi connectivity index (χ3v) is 1.81. The number of hydrogen-bond acceptors (Lipinski definition) is 6.